The quantitative estimate of drug-likeness (QED) is 0.837. The lowest BCUT2D eigenvalue weighted by Crippen LogP contribution is -2.45. The number of halogens is 2. The second kappa shape index (κ2) is 5.12. The molecule has 90 valence electrons. The van der Waals surface area contributed by atoms with E-state index >= 15 is 0 Å². The van der Waals surface area contributed by atoms with Crippen molar-refractivity contribution >= 4 is 22.2 Å². The van der Waals surface area contributed by atoms with Crippen molar-refractivity contribution in [1.29, 1.82) is 0 Å². The molecule has 0 amide bonds. The van der Waals surface area contributed by atoms with Crippen LogP contribution >= 0.6 is 12.4 Å². The predicted octanol–water partition coefficient (Wildman–Crippen LogP) is 1.24. The molecule has 0 aliphatic carbocycles. The number of rotatable bonds is 3. The van der Waals surface area contributed by atoms with E-state index in [9.17, 15) is 12.8 Å². The fourth-order valence-corrected chi connectivity index (χ4v) is 3.11. The Kier molecular flexibility index (Phi) is 4.29. The van der Waals surface area contributed by atoms with Crippen LogP contribution in [0, 0.1) is 11.7 Å². The second-order valence-corrected chi connectivity index (χ2v) is 5.79. The van der Waals surface area contributed by atoms with Gasteiger partial charge in [-0.2, -0.15) is 0 Å². The van der Waals surface area contributed by atoms with Crippen molar-refractivity contribution in [1.82, 2.24) is 5.32 Å². The molecule has 0 aromatic heterocycles. The topological polar surface area (TPSA) is 46.2 Å². The van der Waals surface area contributed by atoms with Crippen LogP contribution < -0.4 is 5.32 Å². The van der Waals surface area contributed by atoms with Gasteiger partial charge in [0.1, 0.15) is 5.82 Å². The molecular formula is C10H13ClFNO2S. The molecule has 0 saturated carbocycles. The summed E-state index contributed by atoms with van der Waals surface area (Å²) in [6.45, 7) is 1.50. The number of hydrogen-bond acceptors (Lipinski definition) is 3. The van der Waals surface area contributed by atoms with Gasteiger partial charge in [0, 0.05) is 13.1 Å². The summed E-state index contributed by atoms with van der Waals surface area (Å²) in [5.41, 5.74) is 0. The van der Waals surface area contributed by atoms with E-state index in [-0.39, 0.29) is 29.0 Å². The number of benzene rings is 1. The van der Waals surface area contributed by atoms with Crippen LogP contribution in [0.1, 0.15) is 0 Å². The van der Waals surface area contributed by atoms with E-state index in [1.165, 1.54) is 24.3 Å². The van der Waals surface area contributed by atoms with Crippen LogP contribution in [0.4, 0.5) is 4.39 Å². The zero-order valence-corrected chi connectivity index (χ0v) is 10.2. The van der Waals surface area contributed by atoms with Crippen LogP contribution in [0.15, 0.2) is 29.2 Å². The van der Waals surface area contributed by atoms with E-state index in [4.69, 9.17) is 0 Å². The lowest BCUT2D eigenvalue weighted by atomic mass is 10.1. The van der Waals surface area contributed by atoms with Crippen molar-refractivity contribution in [3.63, 3.8) is 0 Å². The summed E-state index contributed by atoms with van der Waals surface area (Å²) in [5.74, 6) is -0.0784. The van der Waals surface area contributed by atoms with Gasteiger partial charge in [0.25, 0.3) is 0 Å². The molecule has 1 aromatic rings. The summed E-state index contributed by atoms with van der Waals surface area (Å²) in [5, 5.41) is 3.02. The van der Waals surface area contributed by atoms with Crippen LogP contribution in [0.3, 0.4) is 0 Å². The Labute approximate surface area is 100 Å². The highest BCUT2D eigenvalue weighted by Crippen LogP contribution is 2.16. The van der Waals surface area contributed by atoms with Gasteiger partial charge in [-0.25, -0.2) is 12.8 Å². The highest BCUT2D eigenvalue weighted by Gasteiger charge is 2.25. The Morgan fingerprint density at radius 2 is 1.81 bits per heavy atom. The minimum atomic E-state index is -3.24. The van der Waals surface area contributed by atoms with Crippen molar-refractivity contribution in [2.75, 3.05) is 18.8 Å². The minimum absolute atomic E-state index is 0. The molecule has 1 aromatic carbocycles. The third-order valence-corrected chi connectivity index (χ3v) is 4.39. The molecule has 0 radical (unpaired) electrons. The zero-order chi connectivity index (χ0) is 10.9. The largest absolute Gasteiger partial charge is 0.316 e. The smallest absolute Gasteiger partial charge is 0.178 e. The molecule has 1 N–H and O–H groups in total. The lowest BCUT2D eigenvalue weighted by molar-refractivity contribution is 0.378. The van der Waals surface area contributed by atoms with Gasteiger partial charge in [-0.05, 0) is 30.2 Å². The normalized spacial score (nSPS) is 16.3. The Hall–Kier alpha value is -0.650. The van der Waals surface area contributed by atoms with Gasteiger partial charge < -0.3 is 5.32 Å². The van der Waals surface area contributed by atoms with Crippen LogP contribution in [-0.4, -0.2) is 27.3 Å². The number of nitrogens with one attached hydrogen (secondary N) is 1. The molecule has 6 heteroatoms. The molecule has 0 unspecified atom stereocenters. The van der Waals surface area contributed by atoms with Crippen molar-refractivity contribution in [2.24, 2.45) is 5.92 Å². The molecular weight excluding hydrogens is 253 g/mol. The maximum absolute atomic E-state index is 12.6. The van der Waals surface area contributed by atoms with Crippen LogP contribution in [0.2, 0.25) is 0 Å². The van der Waals surface area contributed by atoms with Gasteiger partial charge in [0.05, 0.1) is 10.6 Å². The minimum Gasteiger partial charge on any atom is -0.316 e. The molecule has 1 fully saturated rings. The van der Waals surface area contributed by atoms with Crippen LogP contribution in [-0.2, 0) is 9.84 Å². The Morgan fingerprint density at radius 3 is 2.25 bits per heavy atom. The molecule has 16 heavy (non-hydrogen) atoms. The van der Waals surface area contributed by atoms with Crippen molar-refractivity contribution < 1.29 is 12.8 Å². The average Bonchev–Trinajstić information content (AvgIpc) is 2.13. The summed E-state index contributed by atoms with van der Waals surface area (Å²) in [6.07, 6.45) is 0. The van der Waals surface area contributed by atoms with Crippen LogP contribution in [0.25, 0.3) is 0 Å². The summed E-state index contributed by atoms with van der Waals surface area (Å²) in [6, 6.07) is 4.98. The molecule has 1 heterocycles. The Balaban J connectivity index is 0.00000128. The second-order valence-electron chi connectivity index (χ2n) is 3.76. The SMILES string of the molecule is Cl.O=S(=O)(CC1CNC1)c1ccc(F)cc1. The van der Waals surface area contributed by atoms with Crippen molar-refractivity contribution in [3.05, 3.63) is 30.1 Å². The number of sulfone groups is 1. The van der Waals surface area contributed by atoms with Gasteiger partial charge in [0.2, 0.25) is 0 Å². The van der Waals surface area contributed by atoms with Crippen LogP contribution in [0.5, 0.6) is 0 Å². The molecule has 1 saturated heterocycles. The predicted molar refractivity (Wildman–Crippen MR) is 62.1 cm³/mol. The fraction of sp³-hybridized carbons (Fsp3) is 0.400. The lowest BCUT2D eigenvalue weighted by Gasteiger charge is -2.26. The summed E-state index contributed by atoms with van der Waals surface area (Å²) in [4.78, 5) is 0.204. The molecule has 0 bridgehead atoms. The van der Waals surface area contributed by atoms with E-state index in [0.29, 0.717) is 0 Å². The summed E-state index contributed by atoms with van der Waals surface area (Å²) < 4.78 is 36.2. The number of hydrogen-bond donors (Lipinski definition) is 1. The standard InChI is InChI=1S/C10H12FNO2S.ClH/c11-9-1-3-10(4-2-9)15(13,14)7-8-5-12-6-8;/h1-4,8,12H,5-7H2;1H. The highest BCUT2D eigenvalue weighted by atomic mass is 35.5. The molecule has 2 rings (SSSR count). The van der Waals surface area contributed by atoms with E-state index in [1.807, 2.05) is 0 Å². The Bertz CT molecular complexity index is 442. The highest BCUT2D eigenvalue weighted by molar-refractivity contribution is 7.91. The van der Waals surface area contributed by atoms with E-state index < -0.39 is 15.7 Å². The van der Waals surface area contributed by atoms with Gasteiger partial charge in [0.15, 0.2) is 9.84 Å². The maximum atomic E-state index is 12.6. The van der Waals surface area contributed by atoms with Gasteiger partial charge in [-0.3, -0.25) is 0 Å². The maximum Gasteiger partial charge on any atom is 0.178 e. The third-order valence-electron chi connectivity index (χ3n) is 2.49. The molecule has 1 aliphatic heterocycles. The van der Waals surface area contributed by atoms with Gasteiger partial charge in [-0.1, -0.05) is 0 Å². The first-order valence-electron chi connectivity index (χ1n) is 4.77. The van der Waals surface area contributed by atoms with Gasteiger partial charge >= 0.3 is 0 Å². The molecule has 0 spiro atoms. The molecule has 0 atom stereocenters. The summed E-state index contributed by atoms with van der Waals surface area (Å²) >= 11 is 0. The fourth-order valence-electron chi connectivity index (χ4n) is 1.51. The van der Waals surface area contributed by atoms with Crippen molar-refractivity contribution in [3.8, 4) is 0 Å². The molecule has 1 aliphatic rings. The average molecular weight is 266 g/mol. The van der Waals surface area contributed by atoms with E-state index in [1.54, 1.807) is 0 Å². The molecule has 3 nitrogen and oxygen atoms in total. The zero-order valence-electron chi connectivity index (χ0n) is 8.52. The van der Waals surface area contributed by atoms with E-state index in [2.05, 4.69) is 5.32 Å². The third kappa shape index (κ3) is 2.93. The summed E-state index contributed by atoms with van der Waals surface area (Å²) in [7, 11) is -3.24. The first-order valence-corrected chi connectivity index (χ1v) is 6.42. The monoisotopic (exact) mass is 265 g/mol. The van der Waals surface area contributed by atoms with Crippen molar-refractivity contribution in [2.45, 2.75) is 4.90 Å². The first-order chi connectivity index (χ1) is 7.08. The Morgan fingerprint density at radius 1 is 1.25 bits per heavy atom. The van der Waals surface area contributed by atoms with E-state index in [0.717, 1.165) is 13.1 Å². The van der Waals surface area contributed by atoms with Gasteiger partial charge in [-0.15, -0.1) is 12.4 Å². The first kappa shape index (κ1) is 13.4.